The molecule has 0 bridgehead atoms. The molecule has 2 nitrogen and oxygen atoms in total. The molecule has 0 saturated carbocycles. The predicted octanol–water partition coefficient (Wildman–Crippen LogP) is 0.844. The summed E-state index contributed by atoms with van der Waals surface area (Å²) in [6.45, 7) is 5.24. The van der Waals surface area contributed by atoms with Gasteiger partial charge >= 0.3 is 0 Å². The normalized spacial score (nSPS) is 18.2. The van der Waals surface area contributed by atoms with E-state index in [-0.39, 0.29) is 0 Å². The molecule has 0 aromatic rings. The van der Waals surface area contributed by atoms with Crippen LogP contribution < -0.4 is 0 Å². The maximum atomic E-state index is 2.12. The van der Waals surface area contributed by atoms with Crippen LogP contribution in [0.1, 0.15) is 6.92 Å². The van der Waals surface area contributed by atoms with Crippen LogP contribution >= 0.6 is 0 Å². The Kier molecular flexibility index (Phi) is 1.42. The van der Waals surface area contributed by atoms with Gasteiger partial charge in [0.1, 0.15) is 6.67 Å². The highest BCUT2D eigenvalue weighted by Crippen LogP contribution is 2.06. The van der Waals surface area contributed by atoms with Crippen molar-refractivity contribution in [1.82, 2.24) is 9.80 Å². The summed E-state index contributed by atoms with van der Waals surface area (Å²) in [5.74, 6) is 0. The van der Waals surface area contributed by atoms with E-state index < -0.39 is 0 Å². The summed E-state index contributed by atoms with van der Waals surface area (Å²) < 4.78 is 0. The van der Waals surface area contributed by atoms with Crippen molar-refractivity contribution in [3.05, 3.63) is 19.1 Å². The van der Waals surface area contributed by atoms with Crippen molar-refractivity contribution < 1.29 is 0 Å². The lowest BCUT2D eigenvalue weighted by atomic mass is 10.6. The summed E-state index contributed by atoms with van der Waals surface area (Å²) in [6, 6.07) is 0. The first-order valence-electron chi connectivity index (χ1n) is 2.84. The molecule has 0 amide bonds. The summed E-state index contributed by atoms with van der Waals surface area (Å²) in [4.78, 5) is 4.16. The lowest BCUT2D eigenvalue weighted by molar-refractivity contribution is 0.394. The highest BCUT2D eigenvalue weighted by atomic mass is 15.3. The standard InChI is InChI=1S/C6H11N2/c1-3-8-5-4-7(2)6-8/h4-6H,3H2,1-2H3. The number of rotatable bonds is 1. The van der Waals surface area contributed by atoms with Crippen molar-refractivity contribution >= 4 is 0 Å². The van der Waals surface area contributed by atoms with Gasteiger partial charge in [0.2, 0.25) is 0 Å². The summed E-state index contributed by atoms with van der Waals surface area (Å²) in [5.41, 5.74) is 0. The lowest BCUT2D eigenvalue weighted by Crippen LogP contribution is -2.15. The molecule has 0 atom stereocenters. The van der Waals surface area contributed by atoms with Gasteiger partial charge in [0.05, 0.1) is 0 Å². The second-order valence-corrected chi connectivity index (χ2v) is 1.91. The zero-order valence-electron chi connectivity index (χ0n) is 5.33. The molecule has 2 heteroatoms. The Morgan fingerprint density at radius 3 is 2.38 bits per heavy atom. The molecule has 0 unspecified atom stereocenters. The van der Waals surface area contributed by atoms with Gasteiger partial charge in [0.25, 0.3) is 0 Å². The fraction of sp³-hybridized carbons (Fsp3) is 0.500. The van der Waals surface area contributed by atoms with Gasteiger partial charge in [-0.05, 0) is 6.92 Å². The summed E-state index contributed by atoms with van der Waals surface area (Å²) in [7, 11) is 2.02. The number of nitrogens with zero attached hydrogens (tertiary/aromatic N) is 2. The summed E-state index contributed by atoms with van der Waals surface area (Å²) in [5, 5.41) is 0. The number of hydrogen-bond acceptors (Lipinski definition) is 2. The van der Waals surface area contributed by atoms with E-state index >= 15 is 0 Å². The molecule has 45 valence electrons. The molecule has 1 aliphatic heterocycles. The van der Waals surface area contributed by atoms with Gasteiger partial charge in [-0.1, -0.05) is 0 Å². The molecule has 1 aliphatic rings. The fourth-order valence-electron chi connectivity index (χ4n) is 0.689. The molecule has 0 aromatic heterocycles. The molecule has 0 aliphatic carbocycles. The van der Waals surface area contributed by atoms with Gasteiger partial charge in [-0.25, -0.2) is 0 Å². The van der Waals surface area contributed by atoms with Gasteiger partial charge in [-0.3, -0.25) is 0 Å². The van der Waals surface area contributed by atoms with Gasteiger partial charge in [0, 0.05) is 26.0 Å². The Morgan fingerprint density at radius 1 is 1.38 bits per heavy atom. The van der Waals surface area contributed by atoms with E-state index in [1.165, 1.54) is 0 Å². The third kappa shape index (κ3) is 0.941. The second-order valence-electron chi connectivity index (χ2n) is 1.91. The highest BCUT2D eigenvalue weighted by Gasteiger charge is 2.04. The molecule has 0 fully saturated rings. The van der Waals surface area contributed by atoms with Gasteiger partial charge < -0.3 is 9.80 Å². The van der Waals surface area contributed by atoms with Crippen LogP contribution in [-0.2, 0) is 0 Å². The minimum atomic E-state index is 1.06. The first-order chi connectivity index (χ1) is 3.83. The van der Waals surface area contributed by atoms with Crippen LogP contribution in [-0.4, -0.2) is 23.4 Å². The van der Waals surface area contributed by atoms with Crippen molar-refractivity contribution in [2.24, 2.45) is 0 Å². The minimum absolute atomic E-state index is 1.06. The molecule has 0 saturated heterocycles. The smallest absolute Gasteiger partial charge is 0.141 e. The maximum absolute atomic E-state index is 2.12. The van der Waals surface area contributed by atoms with Crippen molar-refractivity contribution in [2.45, 2.75) is 6.92 Å². The Balaban J connectivity index is 2.34. The van der Waals surface area contributed by atoms with Crippen molar-refractivity contribution in [3.8, 4) is 0 Å². The zero-order chi connectivity index (χ0) is 5.98. The first-order valence-corrected chi connectivity index (χ1v) is 2.84. The van der Waals surface area contributed by atoms with E-state index in [0.29, 0.717) is 0 Å². The maximum Gasteiger partial charge on any atom is 0.141 e. The molecule has 1 radical (unpaired) electrons. The molecular weight excluding hydrogens is 100 g/mol. The topological polar surface area (TPSA) is 6.48 Å². The monoisotopic (exact) mass is 111 g/mol. The van der Waals surface area contributed by atoms with Crippen molar-refractivity contribution in [2.75, 3.05) is 13.6 Å². The molecule has 0 spiro atoms. The first kappa shape index (κ1) is 5.48. The van der Waals surface area contributed by atoms with E-state index in [9.17, 15) is 0 Å². The Morgan fingerprint density at radius 2 is 2.12 bits per heavy atom. The van der Waals surface area contributed by atoms with Crippen LogP contribution in [0.25, 0.3) is 0 Å². The predicted molar refractivity (Wildman–Crippen MR) is 33.6 cm³/mol. The van der Waals surface area contributed by atoms with E-state index in [0.717, 1.165) is 6.54 Å². The molecular formula is C6H11N2. The largest absolute Gasteiger partial charge is 0.356 e. The van der Waals surface area contributed by atoms with Crippen LogP contribution in [0.4, 0.5) is 0 Å². The minimum Gasteiger partial charge on any atom is -0.356 e. The van der Waals surface area contributed by atoms with Gasteiger partial charge in [-0.15, -0.1) is 0 Å². The van der Waals surface area contributed by atoms with Crippen LogP contribution in [0.2, 0.25) is 0 Å². The average Bonchev–Trinajstić information content (AvgIpc) is 2.14. The van der Waals surface area contributed by atoms with Crippen LogP contribution in [0.5, 0.6) is 0 Å². The highest BCUT2D eigenvalue weighted by molar-refractivity contribution is 4.94. The summed E-state index contributed by atoms with van der Waals surface area (Å²) in [6.07, 6.45) is 4.09. The Hall–Kier alpha value is -0.660. The molecule has 1 heterocycles. The van der Waals surface area contributed by atoms with Gasteiger partial charge in [0.15, 0.2) is 0 Å². The van der Waals surface area contributed by atoms with E-state index in [1.807, 2.05) is 18.1 Å². The van der Waals surface area contributed by atoms with E-state index in [2.05, 4.69) is 24.7 Å². The van der Waals surface area contributed by atoms with Crippen LogP contribution in [0.3, 0.4) is 0 Å². The van der Waals surface area contributed by atoms with E-state index in [4.69, 9.17) is 0 Å². The average molecular weight is 111 g/mol. The van der Waals surface area contributed by atoms with Crippen molar-refractivity contribution in [3.63, 3.8) is 0 Å². The molecule has 0 aromatic carbocycles. The van der Waals surface area contributed by atoms with Crippen LogP contribution in [0.15, 0.2) is 12.4 Å². The second kappa shape index (κ2) is 2.07. The Labute approximate surface area is 50.4 Å². The van der Waals surface area contributed by atoms with Crippen molar-refractivity contribution in [1.29, 1.82) is 0 Å². The third-order valence-electron chi connectivity index (χ3n) is 1.19. The number of hydrogen-bond donors (Lipinski definition) is 0. The Bertz CT molecular complexity index is 98.7. The molecule has 1 rings (SSSR count). The third-order valence-corrected chi connectivity index (χ3v) is 1.19. The zero-order valence-corrected chi connectivity index (χ0v) is 5.33. The van der Waals surface area contributed by atoms with E-state index in [1.54, 1.807) is 0 Å². The SMILES string of the molecule is CCN1[CH]N(C)C=C1. The molecule has 0 N–H and O–H groups in total. The van der Waals surface area contributed by atoms with Gasteiger partial charge in [-0.2, -0.15) is 0 Å². The lowest BCUT2D eigenvalue weighted by Gasteiger charge is -2.13. The van der Waals surface area contributed by atoms with Crippen LogP contribution in [0, 0.1) is 6.67 Å². The fourth-order valence-corrected chi connectivity index (χ4v) is 0.689. The molecule has 8 heavy (non-hydrogen) atoms. The summed E-state index contributed by atoms with van der Waals surface area (Å²) >= 11 is 0. The quantitative estimate of drug-likeness (QED) is 0.495.